The average molecular weight is 229 g/mol. The van der Waals surface area contributed by atoms with Gasteiger partial charge in [-0.2, -0.15) is 0 Å². The van der Waals surface area contributed by atoms with Crippen molar-refractivity contribution in [3.63, 3.8) is 0 Å². The summed E-state index contributed by atoms with van der Waals surface area (Å²) in [4.78, 5) is 0. The Labute approximate surface area is 100 Å². The molecule has 0 amide bonds. The quantitative estimate of drug-likeness (QED) is 0.795. The number of aliphatic hydroxyl groups excluding tert-OH is 1. The smallest absolute Gasteiger partial charge is 0.126 e. The van der Waals surface area contributed by atoms with Crippen LogP contribution in [-0.4, -0.2) is 12.2 Å². The van der Waals surface area contributed by atoms with Crippen molar-refractivity contribution in [2.45, 2.75) is 6.61 Å². The second kappa shape index (κ2) is 4.89. The zero-order valence-corrected chi connectivity index (χ0v) is 9.68. The van der Waals surface area contributed by atoms with Crippen LogP contribution >= 0.6 is 0 Å². The van der Waals surface area contributed by atoms with Gasteiger partial charge in [-0.1, -0.05) is 24.3 Å². The SMILES string of the molecule is COc1ccc(CO)cc1-c1ccccc1N. The highest BCUT2D eigenvalue weighted by Crippen LogP contribution is 2.34. The molecule has 3 nitrogen and oxygen atoms in total. The molecular weight excluding hydrogens is 214 g/mol. The first-order chi connectivity index (χ1) is 8.26. The van der Waals surface area contributed by atoms with Crippen LogP contribution in [-0.2, 0) is 6.61 Å². The third-order valence-electron chi connectivity index (χ3n) is 2.70. The van der Waals surface area contributed by atoms with Crippen molar-refractivity contribution in [2.24, 2.45) is 0 Å². The monoisotopic (exact) mass is 229 g/mol. The molecule has 3 N–H and O–H groups in total. The van der Waals surface area contributed by atoms with Crippen LogP contribution < -0.4 is 10.5 Å². The van der Waals surface area contributed by atoms with Crippen molar-refractivity contribution in [1.29, 1.82) is 0 Å². The van der Waals surface area contributed by atoms with Gasteiger partial charge in [0.15, 0.2) is 0 Å². The van der Waals surface area contributed by atoms with Crippen LogP contribution in [0.3, 0.4) is 0 Å². The number of para-hydroxylation sites is 1. The van der Waals surface area contributed by atoms with Crippen LogP contribution in [0.4, 0.5) is 5.69 Å². The maximum absolute atomic E-state index is 9.17. The molecule has 0 spiro atoms. The summed E-state index contributed by atoms with van der Waals surface area (Å²) in [6, 6.07) is 13.2. The number of nitrogen functional groups attached to an aromatic ring is 1. The minimum atomic E-state index is 0.00370. The van der Waals surface area contributed by atoms with E-state index in [1.807, 2.05) is 42.5 Å². The van der Waals surface area contributed by atoms with E-state index < -0.39 is 0 Å². The third kappa shape index (κ3) is 2.24. The first kappa shape index (κ1) is 11.5. The topological polar surface area (TPSA) is 55.5 Å². The molecule has 2 rings (SSSR count). The Balaban J connectivity index is 2.60. The third-order valence-corrected chi connectivity index (χ3v) is 2.70. The van der Waals surface area contributed by atoms with Gasteiger partial charge in [0, 0.05) is 16.8 Å². The number of rotatable bonds is 3. The van der Waals surface area contributed by atoms with E-state index in [1.165, 1.54) is 0 Å². The molecule has 88 valence electrons. The molecule has 0 radical (unpaired) electrons. The summed E-state index contributed by atoms with van der Waals surface area (Å²) in [6.07, 6.45) is 0. The maximum atomic E-state index is 9.17. The number of aliphatic hydroxyl groups is 1. The second-order valence-corrected chi connectivity index (χ2v) is 3.78. The van der Waals surface area contributed by atoms with Gasteiger partial charge in [0.2, 0.25) is 0 Å². The molecule has 17 heavy (non-hydrogen) atoms. The number of anilines is 1. The maximum Gasteiger partial charge on any atom is 0.126 e. The Hall–Kier alpha value is -2.00. The van der Waals surface area contributed by atoms with Crippen LogP contribution in [0.15, 0.2) is 42.5 Å². The number of methoxy groups -OCH3 is 1. The second-order valence-electron chi connectivity index (χ2n) is 3.78. The van der Waals surface area contributed by atoms with Gasteiger partial charge in [0.05, 0.1) is 13.7 Å². The summed E-state index contributed by atoms with van der Waals surface area (Å²) in [5.41, 5.74) is 9.30. The number of benzene rings is 2. The van der Waals surface area contributed by atoms with E-state index in [1.54, 1.807) is 7.11 Å². The molecule has 0 fully saturated rings. The summed E-state index contributed by atoms with van der Waals surface area (Å²) in [6.45, 7) is 0.00370. The van der Waals surface area contributed by atoms with Gasteiger partial charge < -0.3 is 15.6 Å². The molecule has 3 heteroatoms. The number of ether oxygens (including phenoxy) is 1. The fraction of sp³-hybridized carbons (Fsp3) is 0.143. The van der Waals surface area contributed by atoms with Crippen molar-refractivity contribution in [3.05, 3.63) is 48.0 Å². The minimum Gasteiger partial charge on any atom is -0.496 e. The molecule has 0 aliphatic carbocycles. The van der Waals surface area contributed by atoms with Crippen LogP contribution in [0.1, 0.15) is 5.56 Å². The lowest BCUT2D eigenvalue weighted by atomic mass is 10.0. The van der Waals surface area contributed by atoms with Gasteiger partial charge in [0.25, 0.3) is 0 Å². The zero-order valence-electron chi connectivity index (χ0n) is 9.68. The molecule has 0 saturated heterocycles. The molecule has 2 aromatic rings. The molecule has 0 aliphatic rings. The summed E-state index contributed by atoms with van der Waals surface area (Å²) in [5, 5.41) is 9.17. The normalized spacial score (nSPS) is 10.2. The number of nitrogens with two attached hydrogens (primary N) is 1. The highest BCUT2D eigenvalue weighted by Gasteiger charge is 2.09. The molecule has 0 heterocycles. The highest BCUT2D eigenvalue weighted by atomic mass is 16.5. The Kier molecular flexibility index (Phi) is 3.30. The van der Waals surface area contributed by atoms with E-state index in [0.29, 0.717) is 5.69 Å². The van der Waals surface area contributed by atoms with Crippen molar-refractivity contribution >= 4 is 5.69 Å². The van der Waals surface area contributed by atoms with E-state index in [2.05, 4.69) is 0 Å². The van der Waals surface area contributed by atoms with E-state index >= 15 is 0 Å². The van der Waals surface area contributed by atoms with E-state index in [-0.39, 0.29) is 6.61 Å². The number of hydrogen-bond donors (Lipinski definition) is 2. The lowest BCUT2D eigenvalue weighted by Gasteiger charge is -2.12. The van der Waals surface area contributed by atoms with Crippen molar-refractivity contribution in [1.82, 2.24) is 0 Å². The van der Waals surface area contributed by atoms with Crippen LogP contribution in [0.2, 0.25) is 0 Å². The van der Waals surface area contributed by atoms with Gasteiger partial charge in [-0.3, -0.25) is 0 Å². The highest BCUT2D eigenvalue weighted by molar-refractivity contribution is 5.80. The summed E-state index contributed by atoms with van der Waals surface area (Å²) in [7, 11) is 1.62. The molecule has 0 atom stereocenters. The van der Waals surface area contributed by atoms with Crippen LogP contribution in [0.5, 0.6) is 5.75 Å². The van der Waals surface area contributed by atoms with Gasteiger partial charge >= 0.3 is 0 Å². The van der Waals surface area contributed by atoms with Crippen molar-refractivity contribution < 1.29 is 9.84 Å². The van der Waals surface area contributed by atoms with Crippen LogP contribution in [0.25, 0.3) is 11.1 Å². The fourth-order valence-corrected chi connectivity index (χ4v) is 1.81. The predicted octanol–water partition coefficient (Wildman–Crippen LogP) is 2.44. The molecule has 0 aliphatic heterocycles. The molecule has 0 aromatic heterocycles. The lowest BCUT2D eigenvalue weighted by molar-refractivity contribution is 0.281. The molecule has 2 aromatic carbocycles. The van der Waals surface area contributed by atoms with E-state index in [4.69, 9.17) is 15.6 Å². The Bertz CT molecular complexity index is 523. The van der Waals surface area contributed by atoms with E-state index in [0.717, 1.165) is 22.4 Å². The molecule has 0 saturated carbocycles. The molecule has 0 bridgehead atoms. The fourth-order valence-electron chi connectivity index (χ4n) is 1.81. The first-order valence-corrected chi connectivity index (χ1v) is 5.39. The minimum absolute atomic E-state index is 0.00370. The molecule has 0 unspecified atom stereocenters. The lowest BCUT2D eigenvalue weighted by Crippen LogP contribution is -1.94. The summed E-state index contributed by atoms with van der Waals surface area (Å²) >= 11 is 0. The van der Waals surface area contributed by atoms with Gasteiger partial charge in [0.1, 0.15) is 5.75 Å². The zero-order chi connectivity index (χ0) is 12.3. The van der Waals surface area contributed by atoms with Gasteiger partial charge in [-0.25, -0.2) is 0 Å². The average Bonchev–Trinajstić information content (AvgIpc) is 2.38. The largest absolute Gasteiger partial charge is 0.496 e. The standard InChI is InChI=1S/C14H15NO2/c1-17-14-7-6-10(9-16)8-12(14)11-4-2-3-5-13(11)15/h2-8,16H,9,15H2,1H3. The van der Waals surface area contributed by atoms with Crippen molar-refractivity contribution in [3.8, 4) is 16.9 Å². The van der Waals surface area contributed by atoms with Gasteiger partial charge in [-0.05, 0) is 23.8 Å². The summed E-state index contributed by atoms with van der Waals surface area (Å²) in [5.74, 6) is 0.750. The Morgan fingerprint density at radius 3 is 2.53 bits per heavy atom. The van der Waals surface area contributed by atoms with Crippen LogP contribution in [0, 0.1) is 0 Å². The van der Waals surface area contributed by atoms with E-state index in [9.17, 15) is 0 Å². The predicted molar refractivity (Wildman–Crippen MR) is 68.8 cm³/mol. The van der Waals surface area contributed by atoms with Crippen molar-refractivity contribution in [2.75, 3.05) is 12.8 Å². The number of hydrogen-bond acceptors (Lipinski definition) is 3. The summed E-state index contributed by atoms with van der Waals surface area (Å²) < 4.78 is 5.32. The van der Waals surface area contributed by atoms with Gasteiger partial charge in [-0.15, -0.1) is 0 Å². The Morgan fingerprint density at radius 1 is 1.12 bits per heavy atom. The Morgan fingerprint density at radius 2 is 1.88 bits per heavy atom. The molecular formula is C14H15NO2. The first-order valence-electron chi connectivity index (χ1n) is 5.39.